The molecule has 1 amide bonds. The van der Waals surface area contributed by atoms with E-state index in [1.807, 2.05) is 6.07 Å². The smallest absolute Gasteiger partial charge is 0.432 e. The van der Waals surface area contributed by atoms with Crippen LogP contribution in [0.4, 0.5) is 4.79 Å². The number of likely N-dealkylation sites (N-methyl/N-ethyl adjacent to an activating group) is 1. The van der Waals surface area contributed by atoms with Crippen molar-refractivity contribution in [3.63, 3.8) is 0 Å². The number of hydrogen-bond acceptors (Lipinski definition) is 9. The van der Waals surface area contributed by atoms with Crippen molar-refractivity contribution in [1.82, 2.24) is 14.7 Å². The molecule has 1 unspecified atom stereocenters. The Morgan fingerprint density at radius 1 is 0.976 bits per heavy atom. The Labute approximate surface area is 240 Å². The fourth-order valence-electron chi connectivity index (χ4n) is 4.56. The molecule has 1 heterocycles. The van der Waals surface area contributed by atoms with Crippen molar-refractivity contribution in [2.75, 3.05) is 39.9 Å². The second kappa shape index (κ2) is 13.7. The van der Waals surface area contributed by atoms with E-state index in [2.05, 4.69) is 18.7 Å². The van der Waals surface area contributed by atoms with Gasteiger partial charge in [-0.2, -0.15) is 4.31 Å². The molecule has 0 aromatic heterocycles. The van der Waals surface area contributed by atoms with Crippen LogP contribution in [0.1, 0.15) is 31.2 Å². The van der Waals surface area contributed by atoms with E-state index in [9.17, 15) is 13.2 Å². The van der Waals surface area contributed by atoms with Gasteiger partial charge in [-0.3, -0.25) is 5.21 Å². The first kappa shape index (κ1) is 30.1. The predicted molar refractivity (Wildman–Crippen MR) is 151 cm³/mol. The summed E-state index contributed by atoms with van der Waals surface area (Å²) in [4.78, 5) is 14.3. The van der Waals surface area contributed by atoms with E-state index in [4.69, 9.17) is 24.2 Å². The van der Waals surface area contributed by atoms with Gasteiger partial charge in [0, 0.05) is 18.7 Å². The van der Waals surface area contributed by atoms with Crippen LogP contribution >= 0.6 is 0 Å². The molecular weight excluding hydrogens is 550 g/mol. The summed E-state index contributed by atoms with van der Waals surface area (Å²) < 4.78 is 50.8. The molecule has 3 aromatic carbocycles. The van der Waals surface area contributed by atoms with Crippen molar-refractivity contribution in [1.29, 1.82) is 0 Å². The molecule has 2 N–H and O–H groups in total. The lowest BCUT2D eigenvalue weighted by Gasteiger charge is -2.35. The number of hydroxylamine groups is 1. The monoisotopic (exact) mass is 585 g/mol. The topological polar surface area (TPSA) is 127 Å². The van der Waals surface area contributed by atoms with Crippen LogP contribution in [0.2, 0.25) is 0 Å². The average Bonchev–Trinajstić information content (AvgIpc) is 2.99. The van der Waals surface area contributed by atoms with Crippen LogP contribution in [-0.4, -0.2) is 68.8 Å². The van der Waals surface area contributed by atoms with Gasteiger partial charge in [0.15, 0.2) is 6.23 Å². The lowest BCUT2D eigenvalue weighted by molar-refractivity contribution is 0.00231. The normalized spacial score (nSPS) is 15.2. The number of nitrogens with one attached hydrogen (secondary N) is 1. The molecule has 3 aromatic rings. The first-order valence-corrected chi connectivity index (χ1v) is 14.8. The minimum absolute atomic E-state index is 0.00241. The molecule has 1 aliphatic heterocycles. The van der Waals surface area contributed by atoms with Crippen molar-refractivity contribution >= 4 is 16.1 Å². The highest BCUT2D eigenvalue weighted by atomic mass is 32.2. The van der Waals surface area contributed by atoms with Crippen molar-refractivity contribution in [3.05, 3.63) is 77.9 Å². The Kier molecular flexibility index (Phi) is 10.1. The van der Waals surface area contributed by atoms with Crippen LogP contribution in [0.15, 0.2) is 71.6 Å². The molecule has 1 atom stereocenters. The average molecular weight is 586 g/mol. The van der Waals surface area contributed by atoms with Gasteiger partial charge in [0.05, 0.1) is 12.0 Å². The van der Waals surface area contributed by atoms with Crippen LogP contribution in [0.3, 0.4) is 0 Å². The number of rotatable bonds is 12. The fraction of sp³-hybridized carbons (Fsp3) is 0.345. The van der Waals surface area contributed by atoms with E-state index in [-0.39, 0.29) is 11.4 Å². The number of sulfonamides is 1. The van der Waals surface area contributed by atoms with Gasteiger partial charge in [0.1, 0.15) is 29.6 Å². The molecule has 0 spiro atoms. The third kappa shape index (κ3) is 7.27. The quantitative estimate of drug-likeness (QED) is 0.232. The SMILES string of the molecule is CCN(CC)CCOc1ccc2c(c1)CCN(S(=O)(=O)c1ccc(Oc3ccc(OC)cc3)cc1)C2OC(=O)NO. The summed E-state index contributed by atoms with van der Waals surface area (Å²) in [7, 11) is -2.54. The highest BCUT2D eigenvalue weighted by Crippen LogP contribution is 2.37. The molecule has 4 rings (SSSR count). The minimum Gasteiger partial charge on any atom is -0.497 e. The zero-order chi connectivity index (χ0) is 29.4. The van der Waals surface area contributed by atoms with Gasteiger partial charge >= 0.3 is 6.09 Å². The molecule has 11 nitrogen and oxygen atoms in total. The second-order valence-corrected chi connectivity index (χ2v) is 11.1. The summed E-state index contributed by atoms with van der Waals surface area (Å²) in [6.07, 6.45) is -2.09. The summed E-state index contributed by atoms with van der Waals surface area (Å²) in [6, 6.07) is 18.2. The summed E-state index contributed by atoms with van der Waals surface area (Å²) in [5, 5.41) is 9.09. The molecule has 0 saturated heterocycles. The zero-order valence-electron chi connectivity index (χ0n) is 23.3. The van der Waals surface area contributed by atoms with E-state index in [0.29, 0.717) is 41.6 Å². The Balaban J connectivity index is 1.53. The van der Waals surface area contributed by atoms with E-state index in [1.54, 1.807) is 55.6 Å². The first-order valence-electron chi connectivity index (χ1n) is 13.3. The van der Waals surface area contributed by atoms with Crippen molar-refractivity contribution in [2.45, 2.75) is 31.4 Å². The van der Waals surface area contributed by atoms with Crippen LogP contribution in [0.25, 0.3) is 0 Å². The molecule has 0 fully saturated rings. The number of carbonyl (C=O) groups is 1. The summed E-state index contributed by atoms with van der Waals surface area (Å²) in [5.41, 5.74) is 2.69. The molecular formula is C29H35N3O8S. The summed E-state index contributed by atoms with van der Waals surface area (Å²) >= 11 is 0. The third-order valence-electron chi connectivity index (χ3n) is 6.85. The van der Waals surface area contributed by atoms with Gasteiger partial charge < -0.3 is 23.8 Å². The van der Waals surface area contributed by atoms with Crippen molar-refractivity contribution in [3.8, 4) is 23.0 Å². The predicted octanol–water partition coefficient (Wildman–Crippen LogP) is 4.57. The summed E-state index contributed by atoms with van der Waals surface area (Å²) in [6.45, 7) is 7.38. The molecule has 0 bridgehead atoms. The number of amides is 1. The first-order chi connectivity index (χ1) is 19.8. The minimum atomic E-state index is -4.11. The number of carbonyl (C=O) groups excluding carboxylic acids is 1. The number of nitrogens with zero attached hydrogens (tertiary/aromatic N) is 2. The molecule has 41 heavy (non-hydrogen) atoms. The number of benzene rings is 3. The molecule has 1 aliphatic rings. The van der Waals surface area contributed by atoms with Crippen molar-refractivity contribution in [2.24, 2.45) is 0 Å². The van der Waals surface area contributed by atoms with Crippen LogP contribution in [0.5, 0.6) is 23.0 Å². The number of fused-ring (bicyclic) bond motifs is 1. The third-order valence-corrected chi connectivity index (χ3v) is 8.71. The van der Waals surface area contributed by atoms with Gasteiger partial charge in [-0.1, -0.05) is 13.8 Å². The Morgan fingerprint density at radius 2 is 1.59 bits per heavy atom. The Hall–Kier alpha value is -3.84. The molecule has 0 aliphatic carbocycles. The highest BCUT2D eigenvalue weighted by Gasteiger charge is 2.39. The van der Waals surface area contributed by atoms with Gasteiger partial charge in [-0.05, 0) is 91.8 Å². The number of ether oxygens (including phenoxy) is 4. The van der Waals surface area contributed by atoms with Gasteiger partial charge in [-0.15, -0.1) is 0 Å². The number of hydrogen-bond donors (Lipinski definition) is 2. The fourth-order valence-corrected chi connectivity index (χ4v) is 6.05. The molecule has 0 radical (unpaired) electrons. The second-order valence-electron chi connectivity index (χ2n) is 9.22. The van der Waals surface area contributed by atoms with E-state index in [1.165, 1.54) is 17.6 Å². The van der Waals surface area contributed by atoms with Gasteiger partial charge in [0.25, 0.3) is 0 Å². The maximum Gasteiger partial charge on any atom is 0.432 e. The maximum absolute atomic E-state index is 13.7. The molecule has 220 valence electrons. The summed E-state index contributed by atoms with van der Waals surface area (Å²) in [5.74, 6) is 2.34. The Morgan fingerprint density at radius 3 is 2.20 bits per heavy atom. The largest absolute Gasteiger partial charge is 0.497 e. The Bertz CT molecular complexity index is 1410. The van der Waals surface area contributed by atoms with E-state index >= 15 is 0 Å². The molecule has 12 heteroatoms. The molecule has 0 saturated carbocycles. The van der Waals surface area contributed by atoms with Crippen molar-refractivity contribution < 1.29 is 37.4 Å². The van der Waals surface area contributed by atoms with Gasteiger partial charge in [0.2, 0.25) is 10.0 Å². The standard InChI is InChI=1S/C29H35N3O8S/c1-4-31(5-2)18-19-38-25-12-15-27-21(20-25)16-17-32(28(27)40-29(33)30-34)41(35,36)26-13-10-24(11-14-26)39-23-8-6-22(37-3)7-9-23/h6-15,20,28,34H,4-5,16-19H2,1-3H3,(H,30,33). The zero-order valence-corrected chi connectivity index (χ0v) is 24.1. The van der Waals surface area contributed by atoms with E-state index < -0.39 is 22.3 Å². The maximum atomic E-state index is 13.7. The van der Waals surface area contributed by atoms with Gasteiger partial charge in [-0.25, -0.2) is 18.7 Å². The van der Waals surface area contributed by atoms with E-state index in [0.717, 1.165) is 29.5 Å². The number of methoxy groups -OCH3 is 1. The van der Waals surface area contributed by atoms with Crippen LogP contribution in [-0.2, 0) is 21.2 Å². The highest BCUT2D eigenvalue weighted by molar-refractivity contribution is 7.89. The lowest BCUT2D eigenvalue weighted by Crippen LogP contribution is -2.43. The van der Waals surface area contributed by atoms with Crippen LogP contribution in [0, 0.1) is 0 Å². The lowest BCUT2D eigenvalue weighted by atomic mass is 9.99. The van der Waals surface area contributed by atoms with Crippen LogP contribution < -0.4 is 19.7 Å².